The molecule has 0 aliphatic rings. The Morgan fingerprint density at radius 2 is 1.52 bits per heavy atom. The van der Waals surface area contributed by atoms with Gasteiger partial charge in [-0.2, -0.15) is 11.8 Å². The summed E-state index contributed by atoms with van der Waals surface area (Å²) in [6.07, 6.45) is 2.89. The third kappa shape index (κ3) is 8.36. The molecule has 1 atom stereocenters. The summed E-state index contributed by atoms with van der Waals surface area (Å²) >= 11 is 1.48. The number of carboxylic acids is 1. The topological polar surface area (TPSA) is 107 Å². The van der Waals surface area contributed by atoms with E-state index in [-0.39, 0.29) is 42.3 Å². The van der Waals surface area contributed by atoms with Gasteiger partial charge in [0.2, 0.25) is 0 Å². The number of carbonyl (C=O) groups excluding carboxylic acids is 2. The molecule has 44 heavy (non-hydrogen) atoms. The van der Waals surface area contributed by atoms with Crippen LogP contribution in [0.25, 0.3) is 11.1 Å². The molecule has 0 saturated heterocycles. The van der Waals surface area contributed by atoms with E-state index in [1.165, 1.54) is 16.1 Å². The van der Waals surface area contributed by atoms with Crippen LogP contribution in [0.5, 0.6) is 0 Å². The molecule has 4 aromatic rings. The zero-order valence-corrected chi connectivity index (χ0v) is 27.1. The van der Waals surface area contributed by atoms with E-state index in [4.69, 9.17) is 0 Å². The summed E-state index contributed by atoms with van der Waals surface area (Å²) in [4.78, 5) is 25.4. The van der Waals surface area contributed by atoms with Gasteiger partial charge >= 0.3 is 18.9 Å². The number of amides is 1. The fraction of sp³-hybridized carbons (Fsp3) is 0.235. The van der Waals surface area contributed by atoms with E-state index in [1.807, 2.05) is 62.6 Å². The molecular formula is C34H35LiN2O5S2. The average Bonchev–Trinajstić information content (AvgIpc) is 3.02. The quantitative estimate of drug-likeness (QED) is 0.229. The molecule has 4 rings (SSSR count). The molecule has 1 N–H and O–H groups in total. The summed E-state index contributed by atoms with van der Waals surface area (Å²) in [5, 5.41) is 14.4. The van der Waals surface area contributed by atoms with Crippen molar-refractivity contribution in [1.29, 1.82) is 0 Å². The molecule has 10 heteroatoms. The molecule has 1 amide bonds. The van der Waals surface area contributed by atoms with Gasteiger partial charge in [0, 0.05) is 5.56 Å². The van der Waals surface area contributed by atoms with Gasteiger partial charge in [0.25, 0.3) is 15.9 Å². The van der Waals surface area contributed by atoms with Gasteiger partial charge in [0.15, 0.2) is 0 Å². The molecule has 224 valence electrons. The Morgan fingerprint density at radius 3 is 2.14 bits per heavy atom. The first-order valence-corrected chi connectivity index (χ1v) is 16.9. The minimum atomic E-state index is -3.94. The summed E-state index contributed by atoms with van der Waals surface area (Å²) in [5.41, 5.74) is 4.77. The summed E-state index contributed by atoms with van der Waals surface area (Å²) in [6.45, 7) is 3.95. The predicted molar refractivity (Wildman–Crippen MR) is 172 cm³/mol. The Balaban J connectivity index is 0.00000529. The minimum Gasteiger partial charge on any atom is -0.548 e. The van der Waals surface area contributed by atoms with E-state index in [9.17, 15) is 23.1 Å². The number of hydrogen-bond acceptors (Lipinski definition) is 6. The van der Waals surface area contributed by atoms with Crippen molar-refractivity contribution in [1.82, 2.24) is 5.32 Å². The number of carbonyl (C=O) groups is 2. The third-order valence-electron chi connectivity index (χ3n) is 7.25. The van der Waals surface area contributed by atoms with E-state index in [0.717, 1.165) is 23.1 Å². The standard InChI is InChI=1S/C34H36N2O5S2.Li/c1-4-25-14-17-28(18-15-25)43(40,41)36(27-11-6-5-7-12-27)23-26-16-19-30(31(22-26)29-13-9-8-10-24(29)2)33(37)35-32(34(38)39)20-21-42-3;/h5-19,22,32H,4,20-21,23H2,1-3H3,(H,35,37)(H,38,39);/q;+1/p-1/t32-;/m0./s1. The number of benzene rings is 4. The van der Waals surface area contributed by atoms with E-state index < -0.39 is 27.9 Å². The number of rotatable bonds is 13. The zero-order valence-electron chi connectivity index (χ0n) is 25.4. The molecule has 0 spiro atoms. The number of nitrogens with one attached hydrogen (secondary N) is 1. The second-order valence-electron chi connectivity index (χ2n) is 10.2. The van der Waals surface area contributed by atoms with Crippen molar-refractivity contribution in [2.45, 2.75) is 44.2 Å². The van der Waals surface area contributed by atoms with Crippen LogP contribution in [0.2, 0.25) is 0 Å². The maximum absolute atomic E-state index is 14.0. The molecule has 0 bridgehead atoms. The Kier molecular flexibility index (Phi) is 12.7. The van der Waals surface area contributed by atoms with Crippen LogP contribution in [-0.4, -0.2) is 38.3 Å². The van der Waals surface area contributed by atoms with Crippen molar-refractivity contribution in [3.8, 4) is 11.1 Å². The number of nitrogens with zero attached hydrogens (tertiary/aromatic N) is 1. The van der Waals surface area contributed by atoms with Crippen LogP contribution < -0.4 is 33.6 Å². The number of hydrogen-bond donors (Lipinski definition) is 1. The number of aliphatic carboxylic acids is 1. The molecular weight excluding hydrogens is 587 g/mol. The van der Waals surface area contributed by atoms with Crippen LogP contribution >= 0.6 is 11.8 Å². The number of anilines is 1. The maximum atomic E-state index is 14.0. The van der Waals surface area contributed by atoms with Crippen molar-refractivity contribution < 1.29 is 42.0 Å². The molecule has 0 aliphatic heterocycles. The average molecular weight is 623 g/mol. The van der Waals surface area contributed by atoms with Crippen LogP contribution in [0, 0.1) is 6.92 Å². The monoisotopic (exact) mass is 622 g/mol. The van der Waals surface area contributed by atoms with Gasteiger partial charge in [-0.1, -0.05) is 67.6 Å². The number of sulfonamides is 1. The van der Waals surface area contributed by atoms with Crippen LogP contribution in [0.15, 0.2) is 102 Å². The second-order valence-corrected chi connectivity index (χ2v) is 13.0. The molecule has 0 heterocycles. The maximum Gasteiger partial charge on any atom is 1.00 e. The first kappa shape index (κ1) is 35.0. The van der Waals surface area contributed by atoms with E-state index in [0.29, 0.717) is 22.6 Å². The first-order chi connectivity index (χ1) is 20.6. The van der Waals surface area contributed by atoms with E-state index in [1.54, 1.807) is 54.6 Å². The van der Waals surface area contributed by atoms with Crippen LogP contribution in [0.4, 0.5) is 5.69 Å². The molecule has 0 unspecified atom stereocenters. The second kappa shape index (κ2) is 16.0. The SMILES string of the molecule is CCc1ccc(S(=O)(=O)N(Cc2ccc(C(=O)N[C@@H](CCSC)C(=O)[O-])c(-c3ccccc3C)c2)c2ccccc2)cc1.[Li+]. The van der Waals surface area contributed by atoms with Gasteiger partial charge in [-0.05, 0) is 96.0 Å². The Bertz CT molecular complexity index is 1680. The molecule has 0 fully saturated rings. The van der Waals surface area contributed by atoms with Gasteiger partial charge in [-0.25, -0.2) is 8.42 Å². The fourth-order valence-electron chi connectivity index (χ4n) is 4.81. The smallest absolute Gasteiger partial charge is 0.548 e. The van der Waals surface area contributed by atoms with Gasteiger partial charge in [0.1, 0.15) is 0 Å². The fourth-order valence-corrected chi connectivity index (χ4v) is 6.73. The largest absolute Gasteiger partial charge is 1.00 e. The van der Waals surface area contributed by atoms with Gasteiger partial charge in [-0.3, -0.25) is 9.10 Å². The summed E-state index contributed by atoms with van der Waals surface area (Å²) in [5.74, 6) is -1.33. The number of para-hydroxylation sites is 1. The number of carboxylic acid groups (broad SMARTS) is 1. The van der Waals surface area contributed by atoms with Crippen molar-refractivity contribution in [3.63, 3.8) is 0 Å². The zero-order chi connectivity index (χ0) is 31.0. The van der Waals surface area contributed by atoms with Crippen molar-refractivity contribution in [3.05, 3.63) is 119 Å². The number of thioether (sulfide) groups is 1. The minimum absolute atomic E-state index is 0. The Labute approximate surface area is 276 Å². The first-order valence-electron chi connectivity index (χ1n) is 14.0. The summed E-state index contributed by atoms with van der Waals surface area (Å²) < 4.78 is 29.3. The van der Waals surface area contributed by atoms with Crippen LogP contribution in [0.3, 0.4) is 0 Å². The molecule has 0 radical (unpaired) electrons. The molecule has 0 aliphatic carbocycles. The summed E-state index contributed by atoms with van der Waals surface area (Å²) in [7, 11) is -3.94. The Morgan fingerprint density at radius 1 is 0.886 bits per heavy atom. The molecule has 7 nitrogen and oxygen atoms in total. The van der Waals surface area contributed by atoms with Gasteiger partial charge < -0.3 is 15.2 Å². The van der Waals surface area contributed by atoms with E-state index >= 15 is 0 Å². The number of aryl methyl sites for hydroxylation is 2. The van der Waals surface area contributed by atoms with E-state index in [2.05, 4.69) is 5.32 Å². The third-order valence-corrected chi connectivity index (χ3v) is 9.69. The summed E-state index contributed by atoms with van der Waals surface area (Å²) in [6, 6.07) is 27.3. The van der Waals surface area contributed by atoms with Gasteiger partial charge in [0.05, 0.1) is 29.1 Å². The van der Waals surface area contributed by atoms with Crippen LogP contribution in [-0.2, 0) is 27.8 Å². The molecule has 0 saturated carbocycles. The van der Waals surface area contributed by atoms with Crippen molar-refractivity contribution in [2.24, 2.45) is 0 Å². The van der Waals surface area contributed by atoms with Crippen molar-refractivity contribution in [2.75, 3.05) is 16.3 Å². The molecule has 0 aromatic heterocycles. The molecule has 4 aromatic carbocycles. The van der Waals surface area contributed by atoms with Crippen molar-refractivity contribution >= 4 is 39.3 Å². The van der Waals surface area contributed by atoms with Gasteiger partial charge in [-0.15, -0.1) is 0 Å². The normalized spacial score (nSPS) is 11.7. The predicted octanol–water partition coefficient (Wildman–Crippen LogP) is 2.23. The Hall–Kier alpha value is -3.48. The van der Waals surface area contributed by atoms with Crippen LogP contribution in [0.1, 0.15) is 40.4 Å².